The topological polar surface area (TPSA) is 27.7 Å². The van der Waals surface area contributed by atoms with Crippen molar-refractivity contribution in [2.75, 3.05) is 52.5 Å². The number of nitrogens with zero attached hydrogens (tertiary/aromatic N) is 2. The molecule has 0 unspecified atom stereocenters. The van der Waals surface area contributed by atoms with Crippen LogP contribution in [-0.4, -0.2) is 67.9 Å². The second-order valence-corrected chi connectivity index (χ2v) is 4.93. The summed E-state index contributed by atoms with van der Waals surface area (Å²) in [4.78, 5) is 5.03. The third kappa shape index (κ3) is 2.91. The van der Waals surface area contributed by atoms with Gasteiger partial charge in [-0.15, -0.1) is 0 Å². The molecule has 0 atom stereocenters. The first-order valence-electron chi connectivity index (χ1n) is 5.99. The molecule has 2 heterocycles. The third-order valence-electron chi connectivity index (χ3n) is 3.52. The lowest BCUT2D eigenvalue weighted by molar-refractivity contribution is 0.0289. The minimum absolute atomic E-state index is 0.187. The van der Waals surface area contributed by atoms with Crippen molar-refractivity contribution in [1.82, 2.24) is 15.1 Å². The minimum atomic E-state index is 0.187. The lowest BCUT2D eigenvalue weighted by Gasteiger charge is -2.34. The monoisotopic (exact) mass is 213 g/mol. The molecule has 0 bridgehead atoms. The van der Waals surface area contributed by atoms with E-state index in [1.165, 1.54) is 19.6 Å². The fourth-order valence-corrected chi connectivity index (χ4v) is 2.37. The molecule has 2 fully saturated rings. The van der Waals surface area contributed by atoms with Crippen molar-refractivity contribution in [3.05, 3.63) is 0 Å². The maximum absolute atomic E-state index is 5.34. The highest BCUT2D eigenvalue weighted by atomic mass is 16.5. The van der Waals surface area contributed by atoms with Gasteiger partial charge in [-0.2, -0.15) is 0 Å². The molecule has 4 nitrogen and oxygen atoms in total. The lowest BCUT2D eigenvalue weighted by Crippen LogP contribution is -2.49. The second kappa shape index (κ2) is 4.78. The van der Waals surface area contributed by atoms with Gasteiger partial charge in [0.15, 0.2) is 0 Å². The van der Waals surface area contributed by atoms with Crippen molar-refractivity contribution in [3.8, 4) is 0 Å². The summed E-state index contributed by atoms with van der Waals surface area (Å²) in [6.45, 7) is 13.2. The van der Waals surface area contributed by atoms with Gasteiger partial charge in [-0.3, -0.25) is 15.1 Å². The number of nitrogens with one attached hydrogen (secondary N) is 1. The summed E-state index contributed by atoms with van der Waals surface area (Å²) in [6.07, 6.45) is 0. The molecule has 0 amide bonds. The van der Waals surface area contributed by atoms with Gasteiger partial charge in [0.2, 0.25) is 0 Å². The Bertz CT molecular complexity index is 202. The highest BCUT2D eigenvalue weighted by Crippen LogP contribution is 2.15. The molecule has 0 aliphatic carbocycles. The van der Waals surface area contributed by atoms with Gasteiger partial charge in [0, 0.05) is 39.3 Å². The van der Waals surface area contributed by atoms with Crippen LogP contribution in [0.1, 0.15) is 13.8 Å². The van der Waals surface area contributed by atoms with E-state index in [9.17, 15) is 0 Å². The van der Waals surface area contributed by atoms with Crippen LogP contribution in [0.5, 0.6) is 0 Å². The molecule has 0 aromatic rings. The number of ether oxygens (including phenoxy) is 1. The van der Waals surface area contributed by atoms with Crippen LogP contribution in [0.2, 0.25) is 0 Å². The van der Waals surface area contributed by atoms with Crippen LogP contribution in [0.4, 0.5) is 0 Å². The van der Waals surface area contributed by atoms with E-state index in [4.69, 9.17) is 4.74 Å². The Hall–Kier alpha value is -0.160. The van der Waals surface area contributed by atoms with E-state index in [1.807, 2.05) is 0 Å². The van der Waals surface area contributed by atoms with Crippen LogP contribution < -0.4 is 5.32 Å². The predicted octanol–water partition coefficient (Wildman–Crippen LogP) is -0.0401. The second-order valence-electron chi connectivity index (χ2n) is 4.93. The van der Waals surface area contributed by atoms with Crippen molar-refractivity contribution >= 4 is 0 Å². The first kappa shape index (κ1) is 11.3. The zero-order valence-electron chi connectivity index (χ0n) is 9.96. The molecule has 0 aromatic carbocycles. The highest BCUT2D eigenvalue weighted by Gasteiger charge is 2.30. The number of hydrogen-bond donors (Lipinski definition) is 1. The van der Waals surface area contributed by atoms with Gasteiger partial charge in [0.1, 0.15) is 0 Å². The van der Waals surface area contributed by atoms with Crippen LogP contribution in [-0.2, 0) is 4.74 Å². The Morgan fingerprint density at radius 3 is 2.47 bits per heavy atom. The molecular weight excluding hydrogens is 190 g/mol. The Morgan fingerprint density at radius 2 is 1.87 bits per heavy atom. The first-order chi connectivity index (χ1) is 7.18. The normalized spacial score (nSPS) is 28.4. The largest absolute Gasteiger partial charge is 0.379 e. The summed E-state index contributed by atoms with van der Waals surface area (Å²) in [5, 5.41) is 3.52. The quantitative estimate of drug-likeness (QED) is 0.712. The van der Waals surface area contributed by atoms with Gasteiger partial charge in [-0.1, -0.05) is 0 Å². The van der Waals surface area contributed by atoms with Gasteiger partial charge >= 0.3 is 0 Å². The summed E-state index contributed by atoms with van der Waals surface area (Å²) in [6, 6.07) is 0. The van der Waals surface area contributed by atoms with Crippen LogP contribution >= 0.6 is 0 Å². The van der Waals surface area contributed by atoms with Gasteiger partial charge < -0.3 is 4.74 Å². The molecule has 0 aromatic heterocycles. The van der Waals surface area contributed by atoms with E-state index in [0.717, 1.165) is 32.8 Å². The van der Waals surface area contributed by atoms with Crippen molar-refractivity contribution < 1.29 is 4.74 Å². The van der Waals surface area contributed by atoms with E-state index in [1.54, 1.807) is 0 Å². The summed E-state index contributed by atoms with van der Waals surface area (Å²) in [5.41, 5.74) is 0.187. The van der Waals surface area contributed by atoms with Crippen LogP contribution in [0.15, 0.2) is 0 Å². The van der Waals surface area contributed by atoms with E-state index in [2.05, 4.69) is 29.0 Å². The molecule has 88 valence electrons. The van der Waals surface area contributed by atoms with Crippen LogP contribution in [0, 0.1) is 0 Å². The minimum Gasteiger partial charge on any atom is -0.379 e. The molecular formula is C11H23N3O. The molecule has 0 spiro atoms. The zero-order chi connectivity index (χ0) is 10.7. The summed E-state index contributed by atoms with van der Waals surface area (Å²) >= 11 is 0. The summed E-state index contributed by atoms with van der Waals surface area (Å²) in [7, 11) is 0. The number of rotatable bonds is 3. The van der Waals surface area contributed by atoms with Gasteiger partial charge in [-0.25, -0.2) is 0 Å². The van der Waals surface area contributed by atoms with Gasteiger partial charge in [-0.05, 0) is 13.8 Å². The average molecular weight is 213 g/mol. The standard InChI is InChI=1S/C11H23N3O/c1-11(2)12-3-4-14(11)6-5-13-7-9-15-10-8-13/h12H,3-10H2,1-2H3. The molecule has 2 saturated heterocycles. The Labute approximate surface area is 92.6 Å². The molecule has 0 radical (unpaired) electrons. The molecule has 2 aliphatic rings. The Kier molecular flexibility index (Phi) is 3.61. The molecule has 0 saturated carbocycles. The molecule has 15 heavy (non-hydrogen) atoms. The van der Waals surface area contributed by atoms with E-state index in [-0.39, 0.29) is 5.66 Å². The fraction of sp³-hybridized carbons (Fsp3) is 1.00. The maximum atomic E-state index is 5.34. The van der Waals surface area contributed by atoms with E-state index < -0.39 is 0 Å². The molecule has 2 rings (SSSR count). The van der Waals surface area contributed by atoms with Crippen molar-refractivity contribution in [2.45, 2.75) is 19.5 Å². The summed E-state index contributed by atoms with van der Waals surface area (Å²) in [5.74, 6) is 0. The van der Waals surface area contributed by atoms with Crippen molar-refractivity contribution in [1.29, 1.82) is 0 Å². The highest BCUT2D eigenvalue weighted by molar-refractivity contribution is 4.86. The Morgan fingerprint density at radius 1 is 1.13 bits per heavy atom. The number of hydrogen-bond acceptors (Lipinski definition) is 4. The first-order valence-corrected chi connectivity index (χ1v) is 5.99. The smallest absolute Gasteiger partial charge is 0.0655 e. The van der Waals surface area contributed by atoms with E-state index >= 15 is 0 Å². The maximum Gasteiger partial charge on any atom is 0.0655 e. The number of morpholine rings is 1. The molecule has 4 heteroatoms. The molecule has 2 aliphatic heterocycles. The summed E-state index contributed by atoms with van der Waals surface area (Å²) < 4.78 is 5.34. The lowest BCUT2D eigenvalue weighted by atomic mass is 10.2. The van der Waals surface area contributed by atoms with Crippen LogP contribution in [0.3, 0.4) is 0 Å². The zero-order valence-corrected chi connectivity index (χ0v) is 9.96. The van der Waals surface area contributed by atoms with Gasteiger partial charge in [0.05, 0.1) is 18.9 Å². The van der Waals surface area contributed by atoms with E-state index in [0.29, 0.717) is 0 Å². The molecule has 1 N–H and O–H groups in total. The van der Waals surface area contributed by atoms with Gasteiger partial charge in [0.25, 0.3) is 0 Å². The van der Waals surface area contributed by atoms with Crippen molar-refractivity contribution in [3.63, 3.8) is 0 Å². The SMILES string of the molecule is CC1(C)NCCN1CCN1CCOCC1. The average Bonchev–Trinajstić information content (AvgIpc) is 2.56. The van der Waals surface area contributed by atoms with Crippen LogP contribution in [0.25, 0.3) is 0 Å². The predicted molar refractivity (Wildman–Crippen MR) is 60.9 cm³/mol. The van der Waals surface area contributed by atoms with Crippen molar-refractivity contribution in [2.24, 2.45) is 0 Å². The fourth-order valence-electron chi connectivity index (χ4n) is 2.37. The third-order valence-corrected chi connectivity index (χ3v) is 3.52. The Balaban J connectivity index is 1.72.